The second-order valence-corrected chi connectivity index (χ2v) is 3.94. The molecule has 2 rings (SSSR count). The summed E-state index contributed by atoms with van der Waals surface area (Å²) in [5.74, 6) is 1.01. The lowest BCUT2D eigenvalue weighted by molar-refractivity contribution is 0.928. The summed E-state index contributed by atoms with van der Waals surface area (Å²) in [6.07, 6.45) is 4.20. The quantitative estimate of drug-likeness (QED) is 0.811. The van der Waals surface area contributed by atoms with Crippen molar-refractivity contribution in [3.63, 3.8) is 0 Å². The molecular formula is C10H14ClN3. The molecule has 14 heavy (non-hydrogen) atoms. The van der Waals surface area contributed by atoms with Gasteiger partial charge < -0.3 is 10.6 Å². The number of hydrogen-bond acceptors (Lipinski definition) is 3. The molecule has 2 heterocycles. The Morgan fingerprint density at radius 2 is 2.14 bits per heavy atom. The molecule has 0 bridgehead atoms. The van der Waals surface area contributed by atoms with Gasteiger partial charge in [-0.25, -0.2) is 4.98 Å². The number of halogens is 1. The highest BCUT2D eigenvalue weighted by atomic mass is 35.5. The predicted molar refractivity (Wildman–Crippen MR) is 58.6 cm³/mol. The summed E-state index contributed by atoms with van der Waals surface area (Å²) in [5.41, 5.74) is 6.56. The molecule has 1 fully saturated rings. The lowest BCUT2D eigenvalue weighted by Gasteiger charge is -2.17. The standard InChI is InChI=1S/C10H14ClN3/c11-9-7-13-10(5-8(9)6-12)14-3-1-2-4-14/h5,7H,1-4,6,12H2. The van der Waals surface area contributed by atoms with Crippen LogP contribution in [0.25, 0.3) is 0 Å². The van der Waals surface area contributed by atoms with Crippen LogP contribution >= 0.6 is 11.6 Å². The van der Waals surface area contributed by atoms with Gasteiger partial charge in [-0.2, -0.15) is 0 Å². The molecule has 0 unspecified atom stereocenters. The molecule has 4 heteroatoms. The number of aromatic nitrogens is 1. The molecule has 0 atom stereocenters. The number of pyridine rings is 1. The van der Waals surface area contributed by atoms with E-state index in [1.54, 1.807) is 6.20 Å². The second kappa shape index (κ2) is 4.15. The van der Waals surface area contributed by atoms with E-state index in [2.05, 4.69) is 9.88 Å². The molecule has 0 saturated carbocycles. The molecule has 1 saturated heterocycles. The Kier molecular flexibility index (Phi) is 2.89. The first kappa shape index (κ1) is 9.74. The van der Waals surface area contributed by atoms with Crippen molar-refractivity contribution in [3.05, 3.63) is 22.8 Å². The average molecular weight is 212 g/mol. The summed E-state index contributed by atoms with van der Waals surface area (Å²) in [6, 6.07) is 1.99. The van der Waals surface area contributed by atoms with Gasteiger partial charge in [-0.1, -0.05) is 11.6 Å². The van der Waals surface area contributed by atoms with Crippen molar-refractivity contribution in [2.45, 2.75) is 19.4 Å². The van der Waals surface area contributed by atoms with Crippen molar-refractivity contribution >= 4 is 17.4 Å². The van der Waals surface area contributed by atoms with E-state index in [-0.39, 0.29) is 0 Å². The molecule has 3 nitrogen and oxygen atoms in total. The first-order valence-electron chi connectivity index (χ1n) is 4.90. The van der Waals surface area contributed by atoms with E-state index in [1.807, 2.05) is 6.07 Å². The molecule has 1 aromatic heterocycles. The minimum atomic E-state index is 0.474. The van der Waals surface area contributed by atoms with Crippen LogP contribution in [0.15, 0.2) is 12.3 Å². The Hall–Kier alpha value is -0.800. The lowest BCUT2D eigenvalue weighted by Crippen LogP contribution is -2.19. The fraction of sp³-hybridized carbons (Fsp3) is 0.500. The van der Waals surface area contributed by atoms with Gasteiger partial charge in [-0.05, 0) is 24.5 Å². The van der Waals surface area contributed by atoms with Crippen LogP contribution in [0.1, 0.15) is 18.4 Å². The zero-order chi connectivity index (χ0) is 9.97. The van der Waals surface area contributed by atoms with E-state index in [1.165, 1.54) is 12.8 Å². The van der Waals surface area contributed by atoms with Crippen molar-refractivity contribution in [1.82, 2.24) is 4.98 Å². The SMILES string of the molecule is NCc1cc(N2CCCC2)ncc1Cl. The Labute approximate surface area is 88.9 Å². The number of rotatable bonds is 2. The monoisotopic (exact) mass is 211 g/mol. The molecule has 0 spiro atoms. The van der Waals surface area contributed by atoms with Crippen LogP contribution in [-0.4, -0.2) is 18.1 Å². The summed E-state index contributed by atoms with van der Waals surface area (Å²) in [5, 5.41) is 0.662. The molecule has 76 valence electrons. The van der Waals surface area contributed by atoms with Crippen LogP contribution in [0.2, 0.25) is 5.02 Å². The van der Waals surface area contributed by atoms with Gasteiger partial charge in [0.25, 0.3) is 0 Å². The van der Waals surface area contributed by atoms with Crippen molar-refractivity contribution in [2.24, 2.45) is 5.73 Å². The van der Waals surface area contributed by atoms with Crippen molar-refractivity contribution in [1.29, 1.82) is 0 Å². The van der Waals surface area contributed by atoms with Gasteiger partial charge in [0.1, 0.15) is 5.82 Å². The van der Waals surface area contributed by atoms with Crippen LogP contribution in [0, 0.1) is 0 Å². The maximum absolute atomic E-state index is 5.94. The molecule has 2 N–H and O–H groups in total. The zero-order valence-electron chi connectivity index (χ0n) is 8.04. The predicted octanol–water partition coefficient (Wildman–Crippen LogP) is 1.79. The van der Waals surface area contributed by atoms with E-state index in [4.69, 9.17) is 17.3 Å². The van der Waals surface area contributed by atoms with E-state index in [0.717, 1.165) is 24.5 Å². The Morgan fingerprint density at radius 3 is 2.79 bits per heavy atom. The maximum Gasteiger partial charge on any atom is 0.128 e. The second-order valence-electron chi connectivity index (χ2n) is 3.53. The van der Waals surface area contributed by atoms with Crippen LogP contribution in [-0.2, 0) is 6.54 Å². The van der Waals surface area contributed by atoms with Gasteiger partial charge in [0, 0.05) is 25.8 Å². The topological polar surface area (TPSA) is 42.1 Å². The highest BCUT2D eigenvalue weighted by Crippen LogP contribution is 2.22. The van der Waals surface area contributed by atoms with Gasteiger partial charge in [0.2, 0.25) is 0 Å². The summed E-state index contributed by atoms with van der Waals surface area (Å²) in [7, 11) is 0. The first-order valence-corrected chi connectivity index (χ1v) is 5.28. The summed E-state index contributed by atoms with van der Waals surface area (Å²) < 4.78 is 0. The van der Waals surface area contributed by atoms with Crippen molar-refractivity contribution < 1.29 is 0 Å². The third-order valence-electron chi connectivity index (χ3n) is 2.57. The molecule has 0 aliphatic carbocycles. The van der Waals surface area contributed by atoms with Gasteiger partial charge in [-0.15, -0.1) is 0 Å². The highest BCUT2D eigenvalue weighted by molar-refractivity contribution is 6.31. The summed E-state index contributed by atoms with van der Waals surface area (Å²) in [6.45, 7) is 2.67. The van der Waals surface area contributed by atoms with E-state index >= 15 is 0 Å². The normalized spacial score (nSPS) is 16.3. The number of anilines is 1. The van der Waals surface area contributed by atoms with E-state index in [9.17, 15) is 0 Å². The van der Waals surface area contributed by atoms with Crippen LogP contribution in [0.5, 0.6) is 0 Å². The molecule has 1 aliphatic heterocycles. The third kappa shape index (κ3) is 1.83. The number of nitrogens with zero attached hydrogens (tertiary/aromatic N) is 2. The van der Waals surface area contributed by atoms with Gasteiger partial charge in [0.15, 0.2) is 0 Å². The van der Waals surface area contributed by atoms with Gasteiger partial charge >= 0.3 is 0 Å². The summed E-state index contributed by atoms with van der Waals surface area (Å²) >= 11 is 5.94. The lowest BCUT2D eigenvalue weighted by atomic mass is 10.2. The van der Waals surface area contributed by atoms with Gasteiger partial charge in [0.05, 0.1) is 5.02 Å². The minimum absolute atomic E-state index is 0.474. The van der Waals surface area contributed by atoms with Crippen LogP contribution in [0.3, 0.4) is 0 Å². The largest absolute Gasteiger partial charge is 0.357 e. The van der Waals surface area contributed by atoms with Crippen LogP contribution < -0.4 is 10.6 Å². The number of nitrogens with two attached hydrogens (primary N) is 1. The maximum atomic E-state index is 5.94. The molecule has 0 aromatic carbocycles. The molecule has 0 radical (unpaired) electrons. The van der Waals surface area contributed by atoms with E-state index in [0.29, 0.717) is 11.6 Å². The van der Waals surface area contributed by atoms with Gasteiger partial charge in [-0.3, -0.25) is 0 Å². The third-order valence-corrected chi connectivity index (χ3v) is 2.91. The molecule has 1 aliphatic rings. The average Bonchev–Trinajstić information content (AvgIpc) is 2.71. The van der Waals surface area contributed by atoms with Crippen molar-refractivity contribution in [2.75, 3.05) is 18.0 Å². The first-order chi connectivity index (χ1) is 6.81. The van der Waals surface area contributed by atoms with Crippen molar-refractivity contribution in [3.8, 4) is 0 Å². The van der Waals surface area contributed by atoms with Crippen LogP contribution in [0.4, 0.5) is 5.82 Å². The molecule has 0 amide bonds. The molecular weight excluding hydrogens is 198 g/mol. The molecule has 1 aromatic rings. The fourth-order valence-corrected chi connectivity index (χ4v) is 1.92. The Bertz CT molecular complexity index is 321. The smallest absolute Gasteiger partial charge is 0.128 e. The Balaban J connectivity index is 2.25. The van der Waals surface area contributed by atoms with E-state index < -0.39 is 0 Å². The highest BCUT2D eigenvalue weighted by Gasteiger charge is 2.14. The minimum Gasteiger partial charge on any atom is -0.357 e. The zero-order valence-corrected chi connectivity index (χ0v) is 8.80. The fourth-order valence-electron chi connectivity index (χ4n) is 1.74. The Morgan fingerprint density at radius 1 is 1.43 bits per heavy atom. The summed E-state index contributed by atoms with van der Waals surface area (Å²) in [4.78, 5) is 6.58. The number of hydrogen-bond donors (Lipinski definition) is 1.